The number of imidazole rings is 1. The normalized spacial score (nSPS) is 12.2. The molecule has 1 unspecified atom stereocenters. The second-order valence-corrected chi connectivity index (χ2v) is 6.76. The number of aromatic nitrogens is 3. The first kappa shape index (κ1) is 22.9. The lowest BCUT2D eigenvalue weighted by atomic mass is 10.0. The molecule has 0 radical (unpaired) electrons. The highest BCUT2D eigenvalue weighted by Crippen LogP contribution is 2.13. The van der Waals surface area contributed by atoms with Gasteiger partial charge < -0.3 is 10.6 Å². The molecule has 2 N–H and O–H groups in total. The van der Waals surface area contributed by atoms with Crippen LogP contribution in [0.3, 0.4) is 0 Å². The largest absolute Gasteiger partial charge is 0.357 e. The fourth-order valence-electron chi connectivity index (χ4n) is 2.93. The first-order valence-electron chi connectivity index (χ1n) is 9.69. The zero-order chi connectivity index (χ0) is 19.8. The molecular formula is C22H29IN6. The molecule has 0 aliphatic rings. The number of aliphatic imine (C=N–C) groups is 1. The number of hydrogen-bond acceptors (Lipinski definition) is 3. The topological polar surface area (TPSA) is 67.1 Å². The van der Waals surface area contributed by atoms with Crippen LogP contribution in [-0.4, -0.2) is 33.6 Å². The highest BCUT2D eigenvalue weighted by Gasteiger charge is 2.06. The fraction of sp³-hybridized carbons (Fsp3) is 0.318. The highest BCUT2D eigenvalue weighted by molar-refractivity contribution is 14.0. The molecule has 0 saturated heterocycles. The molecule has 7 heteroatoms. The van der Waals surface area contributed by atoms with Crippen LogP contribution in [0.25, 0.3) is 5.82 Å². The molecule has 0 aliphatic heterocycles. The first-order chi connectivity index (χ1) is 13.7. The first-order valence-corrected chi connectivity index (χ1v) is 9.69. The lowest BCUT2D eigenvalue weighted by Gasteiger charge is -2.16. The van der Waals surface area contributed by atoms with Gasteiger partial charge in [0.05, 0.1) is 6.54 Å². The molecule has 2 heterocycles. The van der Waals surface area contributed by atoms with Gasteiger partial charge in [0.2, 0.25) is 0 Å². The summed E-state index contributed by atoms with van der Waals surface area (Å²) >= 11 is 0. The predicted octanol–water partition coefficient (Wildman–Crippen LogP) is 4.05. The number of nitrogens with one attached hydrogen (secondary N) is 2. The van der Waals surface area contributed by atoms with Crippen molar-refractivity contribution in [3.05, 3.63) is 78.0 Å². The Kier molecular flexibility index (Phi) is 9.11. The van der Waals surface area contributed by atoms with E-state index in [4.69, 9.17) is 4.99 Å². The Bertz CT molecular complexity index is 889. The van der Waals surface area contributed by atoms with E-state index in [-0.39, 0.29) is 24.0 Å². The minimum absolute atomic E-state index is 0. The fourth-order valence-corrected chi connectivity index (χ4v) is 2.93. The van der Waals surface area contributed by atoms with Gasteiger partial charge in [-0.25, -0.2) is 15.0 Å². The average Bonchev–Trinajstić information content (AvgIpc) is 3.16. The van der Waals surface area contributed by atoms with Gasteiger partial charge in [0.25, 0.3) is 0 Å². The van der Waals surface area contributed by atoms with Crippen molar-refractivity contribution in [1.29, 1.82) is 0 Å². The number of rotatable bonds is 7. The molecule has 3 rings (SSSR count). The van der Waals surface area contributed by atoms with Crippen LogP contribution in [0.1, 0.15) is 36.7 Å². The molecular weight excluding hydrogens is 475 g/mol. The summed E-state index contributed by atoms with van der Waals surface area (Å²) in [5.41, 5.74) is 2.38. The van der Waals surface area contributed by atoms with Gasteiger partial charge in [-0.1, -0.05) is 43.3 Å². The number of halogens is 1. The minimum Gasteiger partial charge on any atom is -0.357 e. The molecule has 2 aromatic heterocycles. The van der Waals surface area contributed by atoms with Gasteiger partial charge in [0, 0.05) is 31.7 Å². The molecule has 0 fully saturated rings. The second-order valence-electron chi connectivity index (χ2n) is 6.76. The molecule has 0 saturated carbocycles. The third-order valence-corrected chi connectivity index (χ3v) is 4.59. The van der Waals surface area contributed by atoms with Crippen LogP contribution in [0, 0.1) is 6.92 Å². The van der Waals surface area contributed by atoms with E-state index >= 15 is 0 Å². The standard InChI is InChI=1S/C22H28N6.HI/c1-4-23-22(26-14-17(2)20-8-6-5-7-9-20)27-16-19-10-11-21(25-15-19)28-13-12-24-18(28)3;/h5-13,15,17H,4,14,16H2,1-3H3,(H2,23,26,27);1H. The van der Waals surface area contributed by atoms with Crippen LogP contribution in [0.2, 0.25) is 0 Å². The van der Waals surface area contributed by atoms with Crippen LogP contribution < -0.4 is 10.6 Å². The van der Waals surface area contributed by atoms with Crippen LogP contribution in [0.5, 0.6) is 0 Å². The summed E-state index contributed by atoms with van der Waals surface area (Å²) in [6.45, 7) is 8.47. The van der Waals surface area contributed by atoms with E-state index in [1.807, 2.05) is 36.0 Å². The third kappa shape index (κ3) is 6.56. The molecule has 29 heavy (non-hydrogen) atoms. The number of nitrogens with zero attached hydrogens (tertiary/aromatic N) is 4. The molecule has 1 aromatic carbocycles. The molecule has 0 aliphatic carbocycles. The Hall–Kier alpha value is -2.42. The van der Waals surface area contributed by atoms with E-state index in [0.29, 0.717) is 12.5 Å². The van der Waals surface area contributed by atoms with Crippen molar-refractivity contribution < 1.29 is 0 Å². The number of pyridine rings is 1. The summed E-state index contributed by atoms with van der Waals surface area (Å²) in [5.74, 6) is 3.01. The zero-order valence-corrected chi connectivity index (χ0v) is 19.5. The van der Waals surface area contributed by atoms with E-state index in [1.54, 1.807) is 6.20 Å². The Morgan fingerprint density at radius 3 is 2.52 bits per heavy atom. The van der Waals surface area contributed by atoms with Crippen molar-refractivity contribution in [1.82, 2.24) is 25.2 Å². The molecule has 0 spiro atoms. The SMILES string of the molecule is CCNC(=NCc1ccc(-n2ccnc2C)nc1)NCC(C)c1ccccc1.I. The van der Waals surface area contributed by atoms with E-state index in [2.05, 4.69) is 64.8 Å². The minimum atomic E-state index is 0. The Morgan fingerprint density at radius 2 is 1.90 bits per heavy atom. The quantitative estimate of drug-likeness (QED) is 0.290. The predicted molar refractivity (Wildman–Crippen MR) is 129 cm³/mol. The second kappa shape index (κ2) is 11.5. The van der Waals surface area contributed by atoms with Gasteiger partial charge in [-0.15, -0.1) is 24.0 Å². The van der Waals surface area contributed by atoms with E-state index in [9.17, 15) is 0 Å². The molecule has 6 nitrogen and oxygen atoms in total. The maximum Gasteiger partial charge on any atom is 0.191 e. The van der Waals surface area contributed by atoms with Crippen molar-refractivity contribution in [2.45, 2.75) is 33.2 Å². The van der Waals surface area contributed by atoms with Crippen molar-refractivity contribution in [3.63, 3.8) is 0 Å². The van der Waals surface area contributed by atoms with Gasteiger partial charge in [0.15, 0.2) is 5.96 Å². The van der Waals surface area contributed by atoms with Gasteiger partial charge in [0.1, 0.15) is 11.6 Å². The van der Waals surface area contributed by atoms with Crippen LogP contribution in [0.15, 0.2) is 66.0 Å². The number of aryl methyl sites for hydroxylation is 1. The van der Waals surface area contributed by atoms with Gasteiger partial charge in [-0.3, -0.25) is 4.57 Å². The van der Waals surface area contributed by atoms with Crippen LogP contribution >= 0.6 is 24.0 Å². The van der Waals surface area contributed by atoms with Gasteiger partial charge in [-0.05, 0) is 37.0 Å². The monoisotopic (exact) mass is 504 g/mol. The Balaban J connectivity index is 0.00000300. The van der Waals surface area contributed by atoms with Crippen molar-refractivity contribution in [2.24, 2.45) is 4.99 Å². The van der Waals surface area contributed by atoms with Crippen molar-refractivity contribution in [3.8, 4) is 5.82 Å². The maximum absolute atomic E-state index is 4.69. The molecule has 3 aromatic rings. The van der Waals surface area contributed by atoms with E-state index in [1.165, 1.54) is 5.56 Å². The lowest BCUT2D eigenvalue weighted by molar-refractivity contribution is 0.699. The maximum atomic E-state index is 4.69. The smallest absolute Gasteiger partial charge is 0.191 e. The van der Waals surface area contributed by atoms with Gasteiger partial charge in [-0.2, -0.15) is 0 Å². The summed E-state index contributed by atoms with van der Waals surface area (Å²) in [7, 11) is 0. The molecule has 154 valence electrons. The summed E-state index contributed by atoms with van der Waals surface area (Å²) in [6, 6.07) is 14.6. The zero-order valence-electron chi connectivity index (χ0n) is 17.2. The summed E-state index contributed by atoms with van der Waals surface area (Å²) in [6.07, 6.45) is 5.56. The highest BCUT2D eigenvalue weighted by atomic mass is 127. The summed E-state index contributed by atoms with van der Waals surface area (Å²) in [4.78, 5) is 13.5. The number of guanidine groups is 1. The molecule has 0 amide bonds. The Morgan fingerprint density at radius 1 is 1.10 bits per heavy atom. The Labute approximate surface area is 189 Å². The van der Waals surface area contributed by atoms with Gasteiger partial charge >= 0.3 is 0 Å². The number of hydrogen-bond donors (Lipinski definition) is 2. The molecule has 1 atom stereocenters. The van der Waals surface area contributed by atoms with Crippen LogP contribution in [0.4, 0.5) is 0 Å². The summed E-state index contributed by atoms with van der Waals surface area (Å²) < 4.78 is 1.96. The van der Waals surface area contributed by atoms with E-state index in [0.717, 1.165) is 36.3 Å². The van der Waals surface area contributed by atoms with Crippen molar-refractivity contribution in [2.75, 3.05) is 13.1 Å². The third-order valence-electron chi connectivity index (χ3n) is 4.59. The average molecular weight is 504 g/mol. The lowest BCUT2D eigenvalue weighted by Crippen LogP contribution is -2.39. The van der Waals surface area contributed by atoms with Crippen molar-refractivity contribution >= 4 is 29.9 Å². The molecule has 0 bridgehead atoms. The van der Waals surface area contributed by atoms with Crippen LogP contribution in [-0.2, 0) is 6.54 Å². The van der Waals surface area contributed by atoms with E-state index < -0.39 is 0 Å². The number of benzene rings is 1. The summed E-state index contributed by atoms with van der Waals surface area (Å²) in [5, 5.41) is 6.74.